The van der Waals surface area contributed by atoms with Crippen LogP contribution in [0.1, 0.15) is 6.42 Å². The Morgan fingerprint density at radius 3 is 2.65 bits per heavy atom. The number of hydrogen-bond donors (Lipinski definition) is 2. The lowest BCUT2D eigenvalue weighted by Gasteiger charge is -2.11. The molecule has 1 heterocycles. The maximum atomic E-state index is 12.7. The van der Waals surface area contributed by atoms with Gasteiger partial charge in [0.1, 0.15) is 5.82 Å². The predicted octanol–water partition coefficient (Wildman–Crippen LogP) is 1.18. The van der Waals surface area contributed by atoms with Crippen LogP contribution in [0.5, 0.6) is 0 Å². The van der Waals surface area contributed by atoms with Crippen LogP contribution in [0.25, 0.3) is 0 Å². The van der Waals surface area contributed by atoms with E-state index in [2.05, 4.69) is 10.0 Å². The van der Waals surface area contributed by atoms with E-state index in [1.165, 1.54) is 24.3 Å². The molecule has 0 aromatic heterocycles. The number of hydrogen-bond acceptors (Lipinski definition) is 3. The van der Waals surface area contributed by atoms with Crippen molar-refractivity contribution >= 4 is 15.7 Å². The summed E-state index contributed by atoms with van der Waals surface area (Å²) < 4.78 is 38.7. The van der Waals surface area contributed by atoms with E-state index in [0.717, 1.165) is 19.5 Å². The molecule has 1 aliphatic heterocycles. The van der Waals surface area contributed by atoms with Crippen LogP contribution >= 0.6 is 0 Å². The van der Waals surface area contributed by atoms with Crippen molar-refractivity contribution in [2.45, 2.75) is 6.42 Å². The van der Waals surface area contributed by atoms with Crippen molar-refractivity contribution in [2.24, 2.45) is 5.92 Å². The van der Waals surface area contributed by atoms with E-state index in [0.29, 0.717) is 5.69 Å². The molecule has 0 spiro atoms. The molecular weight excluding hydrogens is 243 g/mol. The summed E-state index contributed by atoms with van der Waals surface area (Å²) in [6.45, 7) is 1.61. The second-order valence-corrected chi connectivity index (χ2v) is 6.02. The minimum atomic E-state index is -3.34. The molecule has 1 aliphatic rings. The van der Waals surface area contributed by atoms with Gasteiger partial charge in [-0.3, -0.25) is 4.72 Å². The third-order valence-corrected chi connectivity index (χ3v) is 4.19. The number of benzene rings is 1. The van der Waals surface area contributed by atoms with Gasteiger partial charge in [0.25, 0.3) is 0 Å². The van der Waals surface area contributed by atoms with Crippen LogP contribution in [0.3, 0.4) is 0 Å². The fourth-order valence-electron chi connectivity index (χ4n) is 1.91. The van der Waals surface area contributed by atoms with Gasteiger partial charge in [-0.2, -0.15) is 0 Å². The van der Waals surface area contributed by atoms with Crippen molar-refractivity contribution in [2.75, 3.05) is 23.6 Å². The Kier molecular flexibility index (Phi) is 3.63. The lowest BCUT2D eigenvalue weighted by Crippen LogP contribution is -2.24. The largest absolute Gasteiger partial charge is 0.316 e. The van der Waals surface area contributed by atoms with Crippen molar-refractivity contribution in [1.29, 1.82) is 0 Å². The molecule has 17 heavy (non-hydrogen) atoms. The Hall–Kier alpha value is -1.14. The van der Waals surface area contributed by atoms with Gasteiger partial charge >= 0.3 is 0 Å². The molecule has 0 saturated carbocycles. The summed E-state index contributed by atoms with van der Waals surface area (Å²) in [5.41, 5.74) is 0.400. The highest BCUT2D eigenvalue weighted by Crippen LogP contribution is 2.14. The lowest BCUT2D eigenvalue weighted by molar-refractivity contribution is 0.575. The van der Waals surface area contributed by atoms with Crippen LogP contribution in [-0.2, 0) is 10.0 Å². The fourth-order valence-corrected chi connectivity index (χ4v) is 3.39. The highest BCUT2D eigenvalue weighted by molar-refractivity contribution is 7.92. The first-order valence-electron chi connectivity index (χ1n) is 5.52. The summed E-state index contributed by atoms with van der Waals surface area (Å²) in [6.07, 6.45) is 0.879. The number of rotatable bonds is 4. The van der Waals surface area contributed by atoms with Gasteiger partial charge in [0, 0.05) is 5.69 Å². The van der Waals surface area contributed by atoms with Gasteiger partial charge in [0.15, 0.2) is 0 Å². The first kappa shape index (κ1) is 12.3. The van der Waals surface area contributed by atoms with Gasteiger partial charge in [-0.05, 0) is 49.7 Å². The summed E-state index contributed by atoms with van der Waals surface area (Å²) in [4.78, 5) is 0. The molecule has 1 saturated heterocycles. The Morgan fingerprint density at radius 1 is 1.35 bits per heavy atom. The van der Waals surface area contributed by atoms with Crippen LogP contribution < -0.4 is 10.0 Å². The Morgan fingerprint density at radius 2 is 2.06 bits per heavy atom. The predicted molar refractivity (Wildman–Crippen MR) is 64.8 cm³/mol. The minimum absolute atomic E-state index is 0.109. The molecule has 94 valence electrons. The fraction of sp³-hybridized carbons (Fsp3) is 0.455. The molecule has 1 aromatic rings. The molecule has 2 rings (SSSR count). The van der Waals surface area contributed by atoms with Gasteiger partial charge < -0.3 is 5.32 Å². The van der Waals surface area contributed by atoms with E-state index >= 15 is 0 Å². The van der Waals surface area contributed by atoms with E-state index in [-0.39, 0.29) is 17.5 Å². The summed E-state index contributed by atoms with van der Waals surface area (Å²) in [7, 11) is -3.34. The smallest absolute Gasteiger partial charge is 0.233 e. The normalized spacial score (nSPS) is 20.4. The van der Waals surface area contributed by atoms with Crippen molar-refractivity contribution in [3.63, 3.8) is 0 Å². The first-order valence-corrected chi connectivity index (χ1v) is 7.17. The molecule has 0 bridgehead atoms. The Balaban J connectivity index is 1.98. The van der Waals surface area contributed by atoms with Gasteiger partial charge in [0.2, 0.25) is 10.0 Å². The molecule has 2 N–H and O–H groups in total. The summed E-state index contributed by atoms with van der Waals surface area (Å²) in [5, 5.41) is 3.12. The van der Waals surface area contributed by atoms with Crippen molar-refractivity contribution < 1.29 is 12.8 Å². The van der Waals surface area contributed by atoms with Gasteiger partial charge in [-0.25, -0.2) is 12.8 Å². The highest BCUT2D eigenvalue weighted by Gasteiger charge is 2.22. The number of anilines is 1. The van der Waals surface area contributed by atoms with Crippen LogP contribution in [0.15, 0.2) is 24.3 Å². The molecule has 0 aliphatic carbocycles. The van der Waals surface area contributed by atoms with Gasteiger partial charge in [0.05, 0.1) is 5.75 Å². The SMILES string of the molecule is O=S(=O)(CC1CCNC1)Nc1ccc(F)cc1. The molecule has 1 atom stereocenters. The van der Waals surface area contributed by atoms with E-state index in [1.807, 2.05) is 0 Å². The summed E-state index contributed by atoms with van der Waals surface area (Å²) >= 11 is 0. The zero-order chi connectivity index (χ0) is 12.3. The van der Waals surface area contributed by atoms with Crippen molar-refractivity contribution in [3.8, 4) is 0 Å². The zero-order valence-corrected chi connectivity index (χ0v) is 10.1. The summed E-state index contributed by atoms with van der Waals surface area (Å²) in [5.74, 6) is -0.113. The second kappa shape index (κ2) is 5.01. The average Bonchev–Trinajstić information content (AvgIpc) is 2.73. The van der Waals surface area contributed by atoms with Crippen LogP contribution in [0.4, 0.5) is 10.1 Å². The molecule has 0 radical (unpaired) electrons. The molecule has 6 heteroatoms. The Labute approximate surface area is 100 Å². The molecule has 0 amide bonds. The van der Waals surface area contributed by atoms with E-state index < -0.39 is 10.0 Å². The minimum Gasteiger partial charge on any atom is -0.316 e. The molecule has 1 fully saturated rings. The van der Waals surface area contributed by atoms with E-state index in [9.17, 15) is 12.8 Å². The monoisotopic (exact) mass is 258 g/mol. The van der Waals surface area contributed by atoms with Crippen molar-refractivity contribution in [1.82, 2.24) is 5.32 Å². The van der Waals surface area contributed by atoms with Gasteiger partial charge in [-0.1, -0.05) is 0 Å². The highest BCUT2D eigenvalue weighted by atomic mass is 32.2. The topological polar surface area (TPSA) is 58.2 Å². The number of nitrogens with one attached hydrogen (secondary N) is 2. The standard InChI is InChI=1S/C11H15FN2O2S/c12-10-1-3-11(4-2-10)14-17(15,16)8-9-5-6-13-7-9/h1-4,9,13-14H,5-8H2. The molecule has 4 nitrogen and oxygen atoms in total. The maximum Gasteiger partial charge on any atom is 0.233 e. The number of sulfonamides is 1. The third kappa shape index (κ3) is 3.67. The van der Waals surface area contributed by atoms with E-state index in [4.69, 9.17) is 0 Å². The van der Waals surface area contributed by atoms with Crippen LogP contribution in [-0.4, -0.2) is 27.3 Å². The first-order chi connectivity index (χ1) is 8.05. The number of halogens is 1. The van der Waals surface area contributed by atoms with Crippen LogP contribution in [0.2, 0.25) is 0 Å². The lowest BCUT2D eigenvalue weighted by atomic mass is 10.2. The Bertz CT molecular complexity index is 467. The average molecular weight is 258 g/mol. The van der Waals surface area contributed by atoms with Crippen LogP contribution in [0, 0.1) is 11.7 Å². The summed E-state index contributed by atoms with van der Waals surface area (Å²) in [6, 6.07) is 5.30. The molecule has 1 unspecified atom stereocenters. The maximum absolute atomic E-state index is 12.7. The third-order valence-electron chi connectivity index (χ3n) is 2.74. The van der Waals surface area contributed by atoms with E-state index in [1.54, 1.807) is 0 Å². The molecular formula is C11H15FN2O2S. The van der Waals surface area contributed by atoms with Gasteiger partial charge in [-0.15, -0.1) is 0 Å². The quantitative estimate of drug-likeness (QED) is 0.852. The zero-order valence-electron chi connectivity index (χ0n) is 9.32. The molecule has 1 aromatic carbocycles. The van der Waals surface area contributed by atoms with Crippen molar-refractivity contribution in [3.05, 3.63) is 30.1 Å². The second-order valence-electron chi connectivity index (χ2n) is 4.25.